The van der Waals surface area contributed by atoms with Crippen molar-refractivity contribution in [1.29, 1.82) is 0 Å². The van der Waals surface area contributed by atoms with Crippen LogP contribution in [0.2, 0.25) is 0 Å². The van der Waals surface area contributed by atoms with E-state index in [9.17, 15) is 4.79 Å². The van der Waals surface area contributed by atoms with Crippen molar-refractivity contribution in [3.63, 3.8) is 0 Å². The van der Waals surface area contributed by atoms with Gasteiger partial charge in [0.15, 0.2) is 17.1 Å². The smallest absolute Gasteiger partial charge is 0.257 e. The fraction of sp³-hybridized carbons (Fsp3) is 0.393. The number of hydrogen-bond acceptors (Lipinski definition) is 7. The van der Waals surface area contributed by atoms with E-state index in [1.807, 2.05) is 47.0 Å². The van der Waals surface area contributed by atoms with Gasteiger partial charge in [0.2, 0.25) is 0 Å². The van der Waals surface area contributed by atoms with E-state index in [2.05, 4.69) is 10.2 Å². The molecule has 0 saturated carbocycles. The number of anilines is 1. The molecule has 0 aliphatic carbocycles. The summed E-state index contributed by atoms with van der Waals surface area (Å²) < 4.78 is 12.7. The first-order chi connectivity index (χ1) is 18.1. The number of nitrogen functional groups attached to an aromatic ring is 1. The summed E-state index contributed by atoms with van der Waals surface area (Å²) in [5, 5.41) is 3.03. The SMILES string of the molecule is COc1ccc(CCNC(=O)c2c(N)n(CCN3CCCCC3)c3nc4ccccc4nc23)cc1OC. The number of para-hydroxylation sites is 2. The van der Waals surface area contributed by atoms with Gasteiger partial charge in [-0.25, -0.2) is 9.97 Å². The van der Waals surface area contributed by atoms with Gasteiger partial charge in [0, 0.05) is 19.6 Å². The number of aromatic nitrogens is 3. The Morgan fingerprint density at radius 1 is 0.973 bits per heavy atom. The largest absolute Gasteiger partial charge is 0.493 e. The number of nitrogens with one attached hydrogen (secondary N) is 1. The van der Waals surface area contributed by atoms with Crippen molar-refractivity contribution >= 4 is 33.9 Å². The molecule has 0 atom stereocenters. The van der Waals surface area contributed by atoms with Crippen LogP contribution in [-0.2, 0) is 13.0 Å². The minimum Gasteiger partial charge on any atom is -0.493 e. The second-order valence-electron chi connectivity index (χ2n) is 9.39. The number of ether oxygens (including phenoxy) is 2. The molecule has 1 amide bonds. The molecule has 0 spiro atoms. The minimum atomic E-state index is -0.246. The predicted molar refractivity (Wildman–Crippen MR) is 145 cm³/mol. The first-order valence-corrected chi connectivity index (χ1v) is 12.8. The Balaban J connectivity index is 1.39. The maximum atomic E-state index is 13.4. The number of hydrogen-bond donors (Lipinski definition) is 2. The Labute approximate surface area is 216 Å². The highest BCUT2D eigenvalue weighted by Crippen LogP contribution is 2.29. The highest BCUT2D eigenvalue weighted by molar-refractivity contribution is 6.10. The zero-order valence-electron chi connectivity index (χ0n) is 21.5. The lowest BCUT2D eigenvalue weighted by Crippen LogP contribution is -2.32. The first kappa shape index (κ1) is 24.8. The van der Waals surface area contributed by atoms with Crippen molar-refractivity contribution in [2.24, 2.45) is 0 Å². The molecule has 5 rings (SSSR count). The van der Waals surface area contributed by atoms with E-state index in [1.54, 1.807) is 14.2 Å². The normalized spacial score (nSPS) is 14.2. The van der Waals surface area contributed by atoms with Crippen molar-refractivity contribution < 1.29 is 14.3 Å². The molecule has 0 unspecified atom stereocenters. The highest BCUT2D eigenvalue weighted by atomic mass is 16.5. The lowest BCUT2D eigenvalue weighted by atomic mass is 10.1. The second kappa shape index (κ2) is 11.0. The van der Waals surface area contributed by atoms with Crippen LogP contribution in [0.25, 0.3) is 22.2 Å². The number of carbonyl (C=O) groups excluding carboxylic acids is 1. The van der Waals surface area contributed by atoms with Gasteiger partial charge < -0.3 is 30.0 Å². The lowest BCUT2D eigenvalue weighted by molar-refractivity contribution is 0.0956. The summed E-state index contributed by atoms with van der Waals surface area (Å²) in [6, 6.07) is 13.4. The van der Waals surface area contributed by atoms with Gasteiger partial charge in [-0.15, -0.1) is 0 Å². The highest BCUT2D eigenvalue weighted by Gasteiger charge is 2.24. The van der Waals surface area contributed by atoms with Crippen molar-refractivity contribution in [2.45, 2.75) is 32.2 Å². The molecule has 37 heavy (non-hydrogen) atoms. The maximum Gasteiger partial charge on any atom is 0.257 e. The Morgan fingerprint density at radius 2 is 1.70 bits per heavy atom. The van der Waals surface area contributed by atoms with Gasteiger partial charge in [0.1, 0.15) is 16.9 Å². The van der Waals surface area contributed by atoms with Gasteiger partial charge in [0.05, 0.1) is 25.3 Å². The number of nitrogens with two attached hydrogens (primary N) is 1. The molecule has 0 bridgehead atoms. The molecule has 0 radical (unpaired) electrons. The van der Waals surface area contributed by atoms with Crippen LogP contribution >= 0.6 is 0 Å². The molecule has 9 nitrogen and oxygen atoms in total. The van der Waals surface area contributed by atoms with E-state index in [1.165, 1.54) is 19.3 Å². The lowest BCUT2D eigenvalue weighted by Gasteiger charge is -2.26. The van der Waals surface area contributed by atoms with Crippen LogP contribution in [0, 0.1) is 0 Å². The molecule has 2 aromatic heterocycles. The molecular weight excluding hydrogens is 468 g/mol. The maximum absolute atomic E-state index is 13.4. The van der Waals surface area contributed by atoms with E-state index in [4.69, 9.17) is 25.2 Å². The average molecular weight is 503 g/mol. The zero-order valence-corrected chi connectivity index (χ0v) is 21.5. The number of rotatable bonds is 9. The van der Waals surface area contributed by atoms with E-state index < -0.39 is 0 Å². The molecule has 9 heteroatoms. The number of nitrogens with zero attached hydrogens (tertiary/aromatic N) is 4. The van der Waals surface area contributed by atoms with Gasteiger partial charge in [-0.2, -0.15) is 0 Å². The zero-order chi connectivity index (χ0) is 25.8. The third-order valence-corrected chi connectivity index (χ3v) is 7.05. The van der Waals surface area contributed by atoms with Gasteiger partial charge >= 0.3 is 0 Å². The molecule has 194 valence electrons. The molecule has 1 aliphatic heterocycles. The number of likely N-dealkylation sites (tertiary alicyclic amines) is 1. The fourth-order valence-corrected chi connectivity index (χ4v) is 5.04. The Kier molecular flexibility index (Phi) is 7.41. The van der Waals surface area contributed by atoms with Crippen LogP contribution in [-0.4, -0.2) is 65.7 Å². The summed E-state index contributed by atoms with van der Waals surface area (Å²) >= 11 is 0. The van der Waals surface area contributed by atoms with Crippen LogP contribution in [0.5, 0.6) is 11.5 Å². The molecule has 1 fully saturated rings. The summed E-state index contributed by atoms with van der Waals surface area (Å²) in [7, 11) is 3.22. The fourth-order valence-electron chi connectivity index (χ4n) is 5.04. The third-order valence-electron chi connectivity index (χ3n) is 7.05. The number of piperidine rings is 1. The molecule has 1 aliphatic rings. The molecular formula is C28H34N6O3. The Morgan fingerprint density at radius 3 is 2.43 bits per heavy atom. The van der Waals surface area contributed by atoms with Crippen LogP contribution in [0.3, 0.4) is 0 Å². The van der Waals surface area contributed by atoms with E-state index in [0.717, 1.165) is 36.2 Å². The van der Waals surface area contributed by atoms with Gasteiger partial charge in [0.25, 0.3) is 5.91 Å². The first-order valence-electron chi connectivity index (χ1n) is 12.8. The predicted octanol–water partition coefficient (Wildman–Crippen LogP) is 3.64. The van der Waals surface area contributed by atoms with E-state index in [-0.39, 0.29) is 5.91 Å². The minimum absolute atomic E-state index is 0.246. The molecule has 4 aromatic rings. The van der Waals surface area contributed by atoms with Crippen molar-refractivity contribution in [3.8, 4) is 11.5 Å². The molecule has 3 heterocycles. The second-order valence-corrected chi connectivity index (χ2v) is 9.39. The van der Waals surface area contributed by atoms with Crippen LogP contribution in [0.4, 0.5) is 5.82 Å². The van der Waals surface area contributed by atoms with Gasteiger partial charge in [-0.3, -0.25) is 4.79 Å². The quantitative estimate of drug-likeness (QED) is 0.360. The number of fused-ring (bicyclic) bond motifs is 2. The monoisotopic (exact) mass is 502 g/mol. The van der Waals surface area contributed by atoms with Crippen LogP contribution in [0.1, 0.15) is 35.2 Å². The standard InChI is InChI=1S/C28H34N6O3/c1-36-22-11-10-19(18-23(22)37-2)12-13-30-28(35)24-25-27(32-21-9-5-4-8-20(21)31-25)34(26(24)29)17-16-33-14-6-3-7-15-33/h4-5,8-11,18H,3,6-7,12-17,29H2,1-2H3,(H,30,35). The summed E-state index contributed by atoms with van der Waals surface area (Å²) in [6.45, 7) is 4.15. The molecule has 3 N–H and O–H groups in total. The van der Waals surface area contributed by atoms with Crippen molar-refractivity contribution in [1.82, 2.24) is 24.8 Å². The molecule has 2 aromatic carbocycles. The number of amides is 1. The summed E-state index contributed by atoms with van der Waals surface area (Å²) in [6.07, 6.45) is 4.37. The topological polar surface area (TPSA) is 108 Å². The summed E-state index contributed by atoms with van der Waals surface area (Å²) in [4.78, 5) is 25.6. The van der Waals surface area contributed by atoms with Gasteiger partial charge in [-0.1, -0.05) is 24.6 Å². The summed E-state index contributed by atoms with van der Waals surface area (Å²) in [5.74, 6) is 1.50. The van der Waals surface area contributed by atoms with Crippen molar-refractivity contribution in [2.75, 3.05) is 46.1 Å². The number of benzene rings is 2. The average Bonchev–Trinajstić information content (AvgIpc) is 3.20. The Hall–Kier alpha value is -3.85. The number of methoxy groups -OCH3 is 2. The summed E-state index contributed by atoms with van der Waals surface area (Å²) in [5.41, 5.74) is 10.8. The van der Waals surface area contributed by atoms with Crippen LogP contribution in [0.15, 0.2) is 42.5 Å². The van der Waals surface area contributed by atoms with Crippen LogP contribution < -0.4 is 20.5 Å². The van der Waals surface area contributed by atoms with E-state index in [0.29, 0.717) is 53.6 Å². The van der Waals surface area contributed by atoms with Gasteiger partial charge in [-0.05, 0) is 62.2 Å². The van der Waals surface area contributed by atoms with Crippen molar-refractivity contribution in [3.05, 3.63) is 53.6 Å². The molecule has 1 saturated heterocycles. The van der Waals surface area contributed by atoms with E-state index >= 15 is 0 Å². The third kappa shape index (κ3) is 5.17. The Bertz CT molecular complexity index is 1410. The number of carbonyl (C=O) groups is 1.